The first kappa shape index (κ1) is 12.7. The van der Waals surface area contributed by atoms with E-state index in [0.717, 1.165) is 12.1 Å². The summed E-state index contributed by atoms with van der Waals surface area (Å²) in [5.74, 6) is -0.989. The molecule has 0 bridgehead atoms. The standard InChI is InChI=1S/C13H14N2O2S/c1-15(8-11-3-5-18-9-11)7-10-2-4-14-12(6-10)13(16)17/h2-6,9H,7-8H2,1H3,(H,16,17). The Hall–Kier alpha value is -1.72. The molecule has 0 radical (unpaired) electrons. The predicted octanol–water partition coefficient (Wildman–Crippen LogP) is 2.47. The number of carboxylic acid groups (broad SMARTS) is 1. The number of hydrogen-bond donors (Lipinski definition) is 1. The number of nitrogens with zero attached hydrogens (tertiary/aromatic N) is 2. The predicted molar refractivity (Wildman–Crippen MR) is 70.7 cm³/mol. The maximum Gasteiger partial charge on any atom is 0.354 e. The first-order chi connectivity index (χ1) is 8.65. The molecule has 0 saturated heterocycles. The molecule has 0 spiro atoms. The number of rotatable bonds is 5. The van der Waals surface area contributed by atoms with E-state index < -0.39 is 5.97 Å². The zero-order valence-corrected chi connectivity index (χ0v) is 10.9. The lowest BCUT2D eigenvalue weighted by Gasteiger charge is -2.15. The normalized spacial score (nSPS) is 10.8. The number of carbonyl (C=O) groups is 1. The second kappa shape index (κ2) is 5.75. The molecule has 4 nitrogen and oxygen atoms in total. The van der Waals surface area contributed by atoms with Crippen molar-refractivity contribution in [1.82, 2.24) is 9.88 Å². The Balaban J connectivity index is 2.00. The fourth-order valence-electron chi connectivity index (χ4n) is 1.75. The number of aromatic nitrogens is 1. The van der Waals surface area contributed by atoms with Crippen LogP contribution in [0.25, 0.3) is 0 Å². The minimum absolute atomic E-state index is 0.0939. The molecule has 18 heavy (non-hydrogen) atoms. The fourth-order valence-corrected chi connectivity index (χ4v) is 2.41. The van der Waals surface area contributed by atoms with Crippen molar-refractivity contribution in [3.8, 4) is 0 Å². The molecule has 0 aliphatic rings. The van der Waals surface area contributed by atoms with E-state index in [2.05, 4.69) is 26.7 Å². The molecule has 0 aliphatic heterocycles. The maximum atomic E-state index is 10.8. The van der Waals surface area contributed by atoms with Crippen molar-refractivity contribution in [3.05, 3.63) is 52.0 Å². The van der Waals surface area contributed by atoms with E-state index in [9.17, 15) is 4.79 Å². The van der Waals surface area contributed by atoms with E-state index in [0.29, 0.717) is 6.54 Å². The van der Waals surface area contributed by atoms with Gasteiger partial charge in [0.2, 0.25) is 0 Å². The van der Waals surface area contributed by atoms with Crippen molar-refractivity contribution in [1.29, 1.82) is 0 Å². The fraction of sp³-hybridized carbons (Fsp3) is 0.231. The van der Waals surface area contributed by atoms with Crippen LogP contribution in [0.5, 0.6) is 0 Å². The Labute approximate surface area is 110 Å². The van der Waals surface area contributed by atoms with Crippen molar-refractivity contribution in [3.63, 3.8) is 0 Å². The molecule has 5 heteroatoms. The Kier molecular flexibility index (Phi) is 4.07. The Morgan fingerprint density at radius 3 is 2.83 bits per heavy atom. The number of thiophene rings is 1. The summed E-state index contributed by atoms with van der Waals surface area (Å²) >= 11 is 1.68. The minimum Gasteiger partial charge on any atom is -0.477 e. The van der Waals surface area contributed by atoms with E-state index in [4.69, 9.17) is 5.11 Å². The molecule has 2 rings (SSSR count). The Morgan fingerprint density at radius 2 is 2.17 bits per heavy atom. The van der Waals surface area contributed by atoms with Gasteiger partial charge in [0.1, 0.15) is 5.69 Å². The van der Waals surface area contributed by atoms with Crippen molar-refractivity contribution in [2.75, 3.05) is 7.05 Å². The van der Waals surface area contributed by atoms with Crippen LogP contribution in [0.2, 0.25) is 0 Å². The molecule has 1 N–H and O–H groups in total. The van der Waals surface area contributed by atoms with Gasteiger partial charge in [0, 0.05) is 19.3 Å². The summed E-state index contributed by atoms with van der Waals surface area (Å²) in [7, 11) is 2.01. The second-order valence-electron chi connectivity index (χ2n) is 4.16. The number of aromatic carboxylic acids is 1. The van der Waals surface area contributed by atoms with Gasteiger partial charge in [-0.15, -0.1) is 0 Å². The highest BCUT2D eigenvalue weighted by Crippen LogP contribution is 2.11. The van der Waals surface area contributed by atoms with Gasteiger partial charge in [0.25, 0.3) is 0 Å². The lowest BCUT2D eigenvalue weighted by molar-refractivity contribution is 0.0690. The topological polar surface area (TPSA) is 53.4 Å². The molecule has 2 aromatic rings. The summed E-state index contributed by atoms with van der Waals surface area (Å²) in [5.41, 5.74) is 2.33. The third-order valence-electron chi connectivity index (χ3n) is 2.53. The number of pyridine rings is 1. The van der Waals surface area contributed by atoms with Crippen LogP contribution >= 0.6 is 11.3 Å². The van der Waals surface area contributed by atoms with E-state index in [-0.39, 0.29) is 5.69 Å². The molecular weight excluding hydrogens is 248 g/mol. The number of hydrogen-bond acceptors (Lipinski definition) is 4. The van der Waals surface area contributed by atoms with Gasteiger partial charge in [0.05, 0.1) is 0 Å². The van der Waals surface area contributed by atoms with Crippen molar-refractivity contribution in [2.24, 2.45) is 0 Å². The first-order valence-corrected chi connectivity index (χ1v) is 6.47. The summed E-state index contributed by atoms with van der Waals surface area (Å²) in [6, 6.07) is 5.55. The summed E-state index contributed by atoms with van der Waals surface area (Å²) in [4.78, 5) is 16.8. The molecule has 0 saturated carbocycles. The van der Waals surface area contributed by atoms with Crippen LogP contribution in [0.1, 0.15) is 21.6 Å². The summed E-state index contributed by atoms with van der Waals surface area (Å²) in [6.45, 7) is 1.56. The van der Waals surface area contributed by atoms with Crippen molar-refractivity contribution >= 4 is 17.3 Å². The van der Waals surface area contributed by atoms with Crippen LogP contribution in [0, 0.1) is 0 Å². The number of carboxylic acids is 1. The largest absolute Gasteiger partial charge is 0.477 e. The third kappa shape index (κ3) is 3.38. The molecular formula is C13H14N2O2S. The summed E-state index contributed by atoms with van der Waals surface area (Å²) in [5, 5.41) is 13.0. The molecule has 2 heterocycles. The quantitative estimate of drug-likeness (QED) is 0.899. The van der Waals surface area contributed by atoms with Gasteiger partial charge in [0.15, 0.2) is 0 Å². The van der Waals surface area contributed by atoms with Crippen LogP contribution in [-0.2, 0) is 13.1 Å². The zero-order valence-electron chi connectivity index (χ0n) is 10.0. The smallest absolute Gasteiger partial charge is 0.354 e. The molecule has 0 atom stereocenters. The molecule has 0 unspecified atom stereocenters. The molecule has 0 fully saturated rings. The highest BCUT2D eigenvalue weighted by Gasteiger charge is 2.07. The highest BCUT2D eigenvalue weighted by molar-refractivity contribution is 7.07. The van der Waals surface area contributed by atoms with Gasteiger partial charge in [-0.2, -0.15) is 11.3 Å². The van der Waals surface area contributed by atoms with Crippen LogP contribution in [0.4, 0.5) is 0 Å². The monoisotopic (exact) mass is 262 g/mol. The van der Waals surface area contributed by atoms with Crippen LogP contribution in [-0.4, -0.2) is 28.0 Å². The van der Waals surface area contributed by atoms with E-state index in [1.54, 1.807) is 17.4 Å². The van der Waals surface area contributed by atoms with Gasteiger partial charge >= 0.3 is 5.97 Å². The van der Waals surface area contributed by atoms with Crippen molar-refractivity contribution in [2.45, 2.75) is 13.1 Å². The molecule has 94 valence electrons. The average Bonchev–Trinajstić information content (AvgIpc) is 2.82. The van der Waals surface area contributed by atoms with Gasteiger partial charge < -0.3 is 5.11 Å². The Morgan fingerprint density at radius 1 is 1.39 bits per heavy atom. The average molecular weight is 262 g/mol. The minimum atomic E-state index is -0.989. The second-order valence-corrected chi connectivity index (χ2v) is 4.94. The lowest BCUT2D eigenvalue weighted by atomic mass is 10.2. The zero-order chi connectivity index (χ0) is 13.0. The lowest BCUT2D eigenvalue weighted by Crippen LogP contribution is -2.17. The highest BCUT2D eigenvalue weighted by atomic mass is 32.1. The van der Waals surface area contributed by atoms with Gasteiger partial charge in [-0.05, 0) is 47.1 Å². The Bertz CT molecular complexity index is 526. The van der Waals surface area contributed by atoms with Crippen molar-refractivity contribution < 1.29 is 9.90 Å². The van der Waals surface area contributed by atoms with Gasteiger partial charge in [-0.3, -0.25) is 4.90 Å². The third-order valence-corrected chi connectivity index (χ3v) is 3.26. The van der Waals surface area contributed by atoms with Crippen LogP contribution in [0.15, 0.2) is 35.2 Å². The first-order valence-electron chi connectivity index (χ1n) is 5.53. The van der Waals surface area contributed by atoms with E-state index >= 15 is 0 Å². The van der Waals surface area contributed by atoms with E-state index in [1.807, 2.05) is 13.1 Å². The molecule has 2 aromatic heterocycles. The SMILES string of the molecule is CN(Cc1ccsc1)Cc1ccnc(C(=O)O)c1. The molecule has 0 amide bonds. The van der Waals surface area contributed by atoms with Crippen LogP contribution in [0.3, 0.4) is 0 Å². The summed E-state index contributed by atoms with van der Waals surface area (Å²) < 4.78 is 0. The van der Waals surface area contributed by atoms with Gasteiger partial charge in [-0.1, -0.05) is 0 Å². The maximum absolute atomic E-state index is 10.8. The summed E-state index contributed by atoms with van der Waals surface area (Å²) in [6.07, 6.45) is 1.54. The molecule has 0 aliphatic carbocycles. The van der Waals surface area contributed by atoms with E-state index in [1.165, 1.54) is 11.8 Å². The van der Waals surface area contributed by atoms with Gasteiger partial charge in [-0.25, -0.2) is 9.78 Å². The van der Waals surface area contributed by atoms with Crippen LogP contribution < -0.4 is 0 Å². The molecule has 0 aromatic carbocycles.